The number of nitrogens with zero attached hydrogens (tertiary/aromatic N) is 3. The Morgan fingerprint density at radius 3 is 2.95 bits per heavy atom. The molecule has 1 aliphatic heterocycles. The molecule has 0 radical (unpaired) electrons. The molecule has 2 aromatic heterocycles. The van der Waals surface area contributed by atoms with Crippen LogP contribution < -0.4 is 4.90 Å². The van der Waals surface area contributed by atoms with Crippen LogP contribution in [0.5, 0.6) is 0 Å². The summed E-state index contributed by atoms with van der Waals surface area (Å²) < 4.78 is 0. The number of rotatable bonds is 2. The molecule has 0 atom stereocenters. The van der Waals surface area contributed by atoms with Gasteiger partial charge in [0.05, 0.1) is 5.39 Å². The number of fused-ring (bicyclic) bond motifs is 3. The van der Waals surface area contributed by atoms with Gasteiger partial charge >= 0.3 is 0 Å². The third kappa shape index (κ3) is 1.68. The third-order valence-electron chi connectivity index (χ3n) is 4.17. The quantitative estimate of drug-likeness (QED) is 0.909. The summed E-state index contributed by atoms with van der Waals surface area (Å²) in [6.07, 6.45) is 3.64. The van der Waals surface area contributed by atoms with Crippen molar-refractivity contribution in [2.75, 3.05) is 24.6 Å². The SMILES string of the molecule is Cc1nc(N2CC(CO)C2)c2c3c(sc2n1)CCC3. The predicted molar refractivity (Wildman–Crippen MR) is 77.0 cm³/mol. The number of aliphatic hydroxyl groups is 1. The van der Waals surface area contributed by atoms with E-state index in [1.165, 1.54) is 35.1 Å². The highest BCUT2D eigenvalue weighted by molar-refractivity contribution is 7.19. The molecule has 0 unspecified atom stereocenters. The Morgan fingerprint density at radius 2 is 2.16 bits per heavy atom. The number of hydrogen-bond acceptors (Lipinski definition) is 5. The lowest BCUT2D eigenvalue weighted by molar-refractivity contribution is 0.200. The van der Waals surface area contributed by atoms with Crippen molar-refractivity contribution in [1.82, 2.24) is 9.97 Å². The molecule has 19 heavy (non-hydrogen) atoms. The monoisotopic (exact) mass is 275 g/mol. The van der Waals surface area contributed by atoms with E-state index < -0.39 is 0 Å². The zero-order valence-electron chi connectivity index (χ0n) is 11.0. The second-order valence-corrected chi connectivity index (χ2v) is 6.67. The molecule has 1 saturated heterocycles. The second-order valence-electron chi connectivity index (χ2n) is 5.59. The standard InChI is InChI=1S/C14H17N3OS/c1-8-15-13(17-5-9(6-17)7-18)12-10-3-2-4-11(10)19-14(12)16-8/h9,18H,2-7H2,1H3. The lowest BCUT2D eigenvalue weighted by Gasteiger charge is -2.39. The van der Waals surface area contributed by atoms with Crippen LogP contribution in [0, 0.1) is 12.8 Å². The fraction of sp³-hybridized carbons (Fsp3) is 0.571. The molecule has 1 N–H and O–H groups in total. The summed E-state index contributed by atoms with van der Waals surface area (Å²) >= 11 is 1.85. The van der Waals surface area contributed by atoms with Crippen LogP contribution in [-0.4, -0.2) is 34.8 Å². The summed E-state index contributed by atoms with van der Waals surface area (Å²) in [6.45, 7) is 4.10. The van der Waals surface area contributed by atoms with Crippen LogP contribution in [0.15, 0.2) is 0 Å². The average molecular weight is 275 g/mol. The summed E-state index contributed by atoms with van der Waals surface area (Å²) in [5.41, 5.74) is 1.49. The first-order valence-corrected chi connectivity index (χ1v) is 7.72. The molecule has 100 valence electrons. The maximum Gasteiger partial charge on any atom is 0.141 e. The molecule has 0 bridgehead atoms. The summed E-state index contributed by atoms with van der Waals surface area (Å²) in [7, 11) is 0. The van der Waals surface area contributed by atoms with Gasteiger partial charge in [-0.3, -0.25) is 0 Å². The summed E-state index contributed by atoms with van der Waals surface area (Å²) in [4.78, 5) is 14.2. The average Bonchev–Trinajstić information content (AvgIpc) is 2.86. The smallest absolute Gasteiger partial charge is 0.141 e. The van der Waals surface area contributed by atoms with Crippen molar-refractivity contribution >= 4 is 27.4 Å². The van der Waals surface area contributed by atoms with Crippen LogP contribution in [0.4, 0.5) is 5.82 Å². The lowest BCUT2D eigenvalue weighted by Crippen LogP contribution is -2.49. The molecule has 0 spiro atoms. The Bertz CT molecular complexity index is 646. The van der Waals surface area contributed by atoms with Gasteiger partial charge in [0.15, 0.2) is 0 Å². The minimum absolute atomic E-state index is 0.283. The van der Waals surface area contributed by atoms with Crippen molar-refractivity contribution in [3.8, 4) is 0 Å². The minimum Gasteiger partial charge on any atom is -0.396 e. The zero-order chi connectivity index (χ0) is 13.0. The molecule has 4 rings (SSSR count). The number of hydrogen-bond donors (Lipinski definition) is 1. The van der Waals surface area contributed by atoms with Gasteiger partial charge in [0.25, 0.3) is 0 Å². The Kier molecular flexibility index (Phi) is 2.53. The predicted octanol–water partition coefficient (Wildman–Crippen LogP) is 1.92. The van der Waals surface area contributed by atoms with Crippen molar-refractivity contribution in [1.29, 1.82) is 0 Å². The van der Waals surface area contributed by atoms with Crippen LogP contribution in [0.2, 0.25) is 0 Å². The van der Waals surface area contributed by atoms with Gasteiger partial charge in [0.1, 0.15) is 16.5 Å². The molecule has 5 heteroatoms. The van der Waals surface area contributed by atoms with Crippen LogP contribution in [-0.2, 0) is 12.8 Å². The Labute approximate surface area is 116 Å². The number of aryl methyl sites for hydroxylation is 3. The molecule has 0 saturated carbocycles. The fourth-order valence-corrected chi connectivity index (χ4v) is 4.47. The number of anilines is 1. The first-order valence-electron chi connectivity index (χ1n) is 6.91. The van der Waals surface area contributed by atoms with E-state index in [1.54, 1.807) is 0 Å². The van der Waals surface area contributed by atoms with E-state index in [-0.39, 0.29) is 6.61 Å². The largest absolute Gasteiger partial charge is 0.396 e. The Hall–Kier alpha value is -1.20. The minimum atomic E-state index is 0.283. The van der Waals surface area contributed by atoms with E-state index in [2.05, 4.69) is 14.9 Å². The molecule has 1 aliphatic carbocycles. The van der Waals surface area contributed by atoms with Crippen molar-refractivity contribution in [2.45, 2.75) is 26.2 Å². The van der Waals surface area contributed by atoms with Crippen LogP contribution >= 0.6 is 11.3 Å². The van der Waals surface area contributed by atoms with Gasteiger partial charge < -0.3 is 10.0 Å². The fourth-order valence-electron chi connectivity index (χ4n) is 3.17. The van der Waals surface area contributed by atoms with E-state index in [0.29, 0.717) is 5.92 Å². The van der Waals surface area contributed by atoms with Gasteiger partial charge in [-0.05, 0) is 31.7 Å². The number of aromatic nitrogens is 2. The Morgan fingerprint density at radius 1 is 1.32 bits per heavy atom. The molecule has 3 heterocycles. The van der Waals surface area contributed by atoms with E-state index in [0.717, 1.165) is 29.6 Å². The summed E-state index contributed by atoms with van der Waals surface area (Å²) in [5, 5.41) is 10.5. The topological polar surface area (TPSA) is 49.2 Å². The highest BCUT2D eigenvalue weighted by Crippen LogP contribution is 2.41. The first kappa shape index (κ1) is 11.6. The molecular formula is C14H17N3OS. The van der Waals surface area contributed by atoms with E-state index in [9.17, 15) is 5.11 Å². The molecule has 0 amide bonds. The molecule has 2 aliphatic rings. The van der Waals surface area contributed by atoms with Crippen molar-refractivity contribution in [2.24, 2.45) is 5.92 Å². The molecule has 4 nitrogen and oxygen atoms in total. The van der Waals surface area contributed by atoms with E-state index in [1.807, 2.05) is 18.3 Å². The second kappa shape index (κ2) is 4.15. The first-order chi connectivity index (χ1) is 9.26. The van der Waals surface area contributed by atoms with Gasteiger partial charge in [0, 0.05) is 30.5 Å². The zero-order valence-corrected chi connectivity index (χ0v) is 11.8. The van der Waals surface area contributed by atoms with E-state index >= 15 is 0 Å². The van der Waals surface area contributed by atoms with Gasteiger partial charge in [-0.1, -0.05) is 0 Å². The van der Waals surface area contributed by atoms with Crippen LogP contribution in [0.3, 0.4) is 0 Å². The van der Waals surface area contributed by atoms with E-state index in [4.69, 9.17) is 0 Å². The van der Waals surface area contributed by atoms with Gasteiger partial charge in [-0.15, -0.1) is 11.3 Å². The normalized spacial score (nSPS) is 18.9. The highest BCUT2D eigenvalue weighted by Gasteiger charge is 2.31. The number of thiophene rings is 1. The van der Waals surface area contributed by atoms with Crippen LogP contribution in [0.1, 0.15) is 22.7 Å². The van der Waals surface area contributed by atoms with Gasteiger partial charge in [-0.2, -0.15) is 0 Å². The maximum absolute atomic E-state index is 9.18. The number of aliphatic hydroxyl groups excluding tert-OH is 1. The summed E-state index contributed by atoms with van der Waals surface area (Å²) in [6, 6.07) is 0. The molecular weight excluding hydrogens is 258 g/mol. The Balaban J connectivity index is 1.85. The molecule has 2 aromatic rings. The summed E-state index contributed by atoms with van der Waals surface area (Å²) in [5.74, 6) is 2.37. The third-order valence-corrected chi connectivity index (χ3v) is 5.36. The van der Waals surface area contributed by atoms with Gasteiger partial charge in [-0.25, -0.2) is 9.97 Å². The highest BCUT2D eigenvalue weighted by atomic mass is 32.1. The lowest BCUT2D eigenvalue weighted by atomic mass is 10.0. The molecule has 1 fully saturated rings. The molecule has 0 aromatic carbocycles. The van der Waals surface area contributed by atoms with Crippen LogP contribution in [0.25, 0.3) is 10.2 Å². The van der Waals surface area contributed by atoms with Crippen molar-refractivity contribution in [3.05, 3.63) is 16.3 Å². The van der Waals surface area contributed by atoms with Crippen molar-refractivity contribution in [3.63, 3.8) is 0 Å². The van der Waals surface area contributed by atoms with Crippen molar-refractivity contribution < 1.29 is 5.11 Å². The maximum atomic E-state index is 9.18. The van der Waals surface area contributed by atoms with Gasteiger partial charge in [0.2, 0.25) is 0 Å².